The first-order valence-electron chi connectivity index (χ1n) is 7.07. The van der Waals surface area contributed by atoms with Gasteiger partial charge in [0.15, 0.2) is 0 Å². The van der Waals surface area contributed by atoms with Gasteiger partial charge in [-0.05, 0) is 49.7 Å². The molecule has 0 bridgehead atoms. The molecule has 19 heavy (non-hydrogen) atoms. The fourth-order valence-corrected chi connectivity index (χ4v) is 3.19. The summed E-state index contributed by atoms with van der Waals surface area (Å²) >= 11 is 6.17. The third-order valence-electron chi connectivity index (χ3n) is 4.48. The first-order chi connectivity index (χ1) is 9.19. The Morgan fingerprint density at radius 2 is 2.05 bits per heavy atom. The summed E-state index contributed by atoms with van der Waals surface area (Å²) < 4.78 is 0. The molecule has 1 saturated carbocycles. The Bertz CT molecular complexity index is 456. The van der Waals surface area contributed by atoms with Crippen LogP contribution in [0.15, 0.2) is 24.3 Å². The quantitative estimate of drug-likeness (QED) is 0.839. The van der Waals surface area contributed by atoms with E-state index in [1.54, 1.807) is 0 Å². The van der Waals surface area contributed by atoms with Crippen molar-refractivity contribution in [2.45, 2.75) is 51.5 Å². The van der Waals surface area contributed by atoms with E-state index in [0.29, 0.717) is 12.5 Å². The first-order valence-corrected chi connectivity index (χ1v) is 7.45. The Morgan fingerprint density at radius 1 is 1.37 bits per heavy atom. The SMILES string of the molecule is CCC1(CC#N)CCC(Nc2ccccc2Cl)CC1. The highest BCUT2D eigenvalue weighted by Crippen LogP contribution is 2.42. The molecule has 0 aromatic heterocycles. The van der Waals surface area contributed by atoms with Crippen molar-refractivity contribution in [3.05, 3.63) is 29.3 Å². The zero-order valence-electron chi connectivity index (χ0n) is 11.5. The van der Waals surface area contributed by atoms with Crippen molar-refractivity contribution in [2.24, 2.45) is 5.41 Å². The molecule has 0 unspecified atom stereocenters. The zero-order chi connectivity index (χ0) is 13.7. The Hall–Kier alpha value is -1.20. The molecular formula is C16H21ClN2. The smallest absolute Gasteiger partial charge is 0.0637 e. The van der Waals surface area contributed by atoms with Gasteiger partial charge in [-0.3, -0.25) is 0 Å². The summed E-state index contributed by atoms with van der Waals surface area (Å²) in [6.45, 7) is 2.21. The lowest BCUT2D eigenvalue weighted by Gasteiger charge is -2.38. The zero-order valence-corrected chi connectivity index (χ0v) is 12.2. The lowest BCUT2D eigenvalue weighted by Crippen LogP contribution is -2.33. The third-order valence-corrected chi connectivity index (χ3v) is 4.81. The molecule has 1 fully saturated rings. The number of para-hydroxylation sites is 1. The summed E-state index contributed by atoms with van der Waals surface area (Å²) in [6.07, 6.45) is 6.33. The normalized spacial score (nSPS) is 26.7. The van der Waals surface area contributed by atoms with E-state index in [2.05, 4.69) is 18.3 Å². The van der Waals surface area contributed by atoms with E-state index in [-0.39, 0.29) is 5.41 Å². The molecule has 1 N–H and O–H groups in total. The van der Waals surface area contributed by atoms with Gasteiger partial charge in [0, 0.05) is 12.5 Å². The Labute approximate surface area is 120 Å². The summed E-state index contributed by atoms with van der Waals surface area (Å²) in [7, 11) is 0. The number of nitriles is 1. The van der Waals surface area contributed by atoms with E-state index in [9.17, 15) is 0 Å². The molecule has 1 aliphatic carbocycles. The predicted octanol–water partition coefficient (Wildman–Crippen LogP) is 5.00. The van der Waals surface area contributed by atoms with E-state index >= 15 is 0 Å². The minimum absolute atomic E-state index is 0.257. The lowest BCUT2D eigenvalue weighted by atomic mass is 9.69. The molecule has 0 spiro atoms. The number of nitrogens with zero attached hydrogens (tertiary/aromatic N) is 1. The average Bonchev–Trinajstić information content (AvgIpc) is 2.44. The standard InChI is InChI=1S/C16H21ClN2/c1-2-16(11-12-18)9-7-13(8-10-16)19-15-6-4-3-5-14(15)17/h3-6,13,19H,2,7-11H2,1H3. The van der Waals surface area contributed by atoms with Gasteiger partial charge in [-0.15, -0.1) is 0 Å². The van der Waals surface area contributed by atoms with Crippen LogP contribution in [-0.2, 0) is 0 Å². The fraction of sp³-hybridized carbons (Fsp3) is 0.562. The summed E-state index contributed by atoms with van der Waals surface area (Å²) in [5, 5.41) is 13.3. The van der Waals surface area contributed by atoms with Crippen molar-refractivity contribution >= 4 is 17.3 Å². The molecular weight excluding hydrogens is 256 g/mol. The van der Waals surface area contributed by atoms with Gasteiger partial charge in [0.2, 0.25) is 0 Å². The molecule has 0 aliphatic heterocycles. The second-order valence-corrected chi connectivity index (χ2v) is 5.99. The fourth-order valence-electron chi connectivity index (χ4n) is 3.00. The largest absolute Gasteiger partial charge is 0.381 e. The molecule has 2 nitrogen and oxygen atoms in total. The van der Waals surface area contributed by atoms with Crippen LogP contribution in [0.1, 0.15) is 45.4 Å². The Kier molecular flexibility index (Phi) is 4.71. The van der Waals surface area contributed by atoms with Crippen LogP contribution in [0.4, 0.5) is 5.69 Å². The molecule has 2 rings (SSSR count). The second-order valence-electron chi connectivity index (χ2n) is 5.59. The van der Waals surface area contributed by atoms with Crippen molar-refractivity contribution < 1.29 is 0 Å². The lowest BCUT2D eigenvalue weighted by molar-refractivity contribution is 0.177. The van der Waals surface area contributed by atoms with E-state index in [1.807, 2.05) is 24.3 Å². The molecule has 1 aliphatic rings. The van der Waals surface area contributed by atoms with Crippen LogP contribution in [-0.4, -0.2) is 6.04 Å². The van der Waals surface area contributed by atoms with Crippen LogP contribution in [0.25, 0.3) is 0 Å². The van der Waals surface area contributed by atoms with E-state index in [4.69, 9.17) is 16.9 Å². The van der Waals surface area contributed by atoms with Crippen LogP contribution >= 0.6 is 11.6 Å². The van der Waals surface area contributed by atoms with Crippen LogP contribution in [0.3, 0.4) is 0 Å². The Morgan fingerprint density at radius 3 is 2.63 bits per heavy atom. The number of anilines is 1. The summed E-state index contributed by atoms with van der Waals surface area (Å²) in [6, 6.07) is 10.7. The van der Waals surface area contributed by atoms with Crippen molar-refractivity contribution in [1.82, 2.24) is 0 Å². The van der Waals surface area contributed by atoms with Crippen molar-refractivity contribution in [3.63, 3.8) is 0 Å². The van der Waals surface area contributed by atoms with Gasteiger partial charge < -0.3 is 5.32 Å². The van der Waals surface area contributed by atoms with Crippen LogP contribution in [0, 0.1) is 16.7 Å². The van der Waals surface area contributed by atoms with Gasteiger partial charge >= 0.3 is 0 Å². The molecule has 0 saturated heterocycles. The number of halogens is 1. The number of rotatable bonds is 4. The van der Waals surface area contributed by atoms with E-state index in [0.717, 1.165) is 42.8 Å². The maximum atomic E-state index is 8.97. The second kappa shape index (κ2) is 6.30. The van der Waals surface area contributed by atoms with E-state index in [1.165, 1.54) is 0 Å². The summed E-state index contributed by atoms with van der Waals surface area (Å²) in [5.74, 6) is 0. The minimum Gasteiger partial charge on any atom is -0.381 e. The molecule has 102 valence electrons. The van der Waals surface area contributed by atoms with Gasteiger partial charge in [-0.25, -0.2) is 0 Å². The minimum atomic E-state index is 0.257. The van der Waals surface area contributed by atoms with Crippen molar-refractivity contribution in [1.29, 1.82) is 5.26 Å². The topological polar surface area (TPSA) is 35.8 Å². The maximum Gasteiger partial charge on any atom is 0.0637 e. The molecule has 1 aromatic rings. The molecule has 3 heteroatoms. The van der Waals surface area contributed by atoms with Crippen LogP contribution in [0.5, 0.6) is 0 Å². The number of hydrogen-bond acceptors (Lipinski definition) is 2. The van der Waals surface area contributed by atoms with Crippen LogP contribution < -0.4 is 5.32 Å². The highest BCUT2D eigenvalue weighted by Gasteiger charge is 2.33. The molecule has 0 heterocycles. The first kappa shape index (κ1) is 14.2. The van der Waals surface area contributed by atoms with Crippen molar-refractivity contribution in [2.75, 3.05) is 5.32 Å². The van der Waals surface area contributed by atoms with Gasteiger partial charge in [0.05, 0.1) is 16.8 Å². The average molecular weight is 277 g/mol. The van der Waals surface area contributed by atoms with E-state index < -0.39 is 0 Å². The molecule has 0 atom stereocenters. The molecule has 1 aromatic carbocycles. The summed E-state index contributed by atoms with van der Waals surface area (Å²) in [5.41, 5.74) is 1.28. The third kappa shape index (κ3) is 3.42. The summed E-state index contributed by atoms with van der Waals surface area (Å²) in [4.78, 5) is 0. The predicted molar refractivity (Wildman–Crippen MR) is 80.3 cm³/mol. The van der Waals surface area contributed by atoms with Crippen molar-refractivity contribution in [3.8, 4) is 6.07 Å². The monoisotopic (exact) mass is 276 g/mol. The van der Waals surface area contributed by atoms with Gasteiger partial charge in [-0.1, -0.05) is 30.7 Å². The number of hydrogen-bond donors (Lipinski definition) is 1. The number of benzene rings is 1. The maximum absolute atomic E-state index is 8.97. The highest BCUT2D eigenvalue weighted by atomic mass is 35.5. The Balaban J connectivity index is 1.94. The molecule has 0 amide bonds. The van der Waals surface area contributed by atoms with Gasteiger partial charge in [-0.2, -0.15) is 5.26 Å². The van der Waals surface area contributed by atoms with Gasteiger partial charge in [0.1, 0.15) is 0 Å². The van der Waals surface area contributed by atoms with Gasteiger partial charge in [0.25, 0.3) is 0 Å². The number of nitrogens with one attached hydrogen (secondary N) is 1. The molecule has 0 radical (unpaired) electrons. The highest BCUT2D eigenvalue weighted by molar-refractivity contribution is 6.33. The van der Waals surface area contributed by atoms with Crippen LogP contribution in [0.2, 0.25) is 5.02 Å².